The summed E-state index contributed by atoms with van der Waals surface area (Å²) in [6, 6.07) is -1.84. The number of amides is 1. The van der Waals surface area contributed by atoms with Crippen molar-refractivity contribution in [1.29, 1.82) is 5.26 Å². The lowest BCUT2D eigenvalue weighted by Crippen LogP contribution is -2.13. The molecule has 0 atom stereocenters. The summed E-state index contributed by atoms with van der Waals surface area (Å²) in [5.74, 6) is -3.40. The third-order valence-electron chi connectivity index (χ3n) is 3.87. The van der Waals surface area contributed by atoms with Crippen molar-refractivity contribution in [2.24, 2.45) is 0 Å². The maximum Gasteiger partial charge on any atom is 0.248 e. The van der Waals surface area contributed by atoms with E-state index in [0.29, 0.717) is 0 Å². The minimum Gasteiger partial charge on any atom is -0.492 e. The van der Waals surface area contributed by atoms with Gasteiger partial charge in [-0.15, -0.1) is 0 Å². The molecule has 0 unspecified atom stereocenters. The molecular formula is C24H23ClFN5O2. The minimum absolute atomic E-state index is 0.0590. The number of nitrogens with one attached hydrogen (secondary N) is 2. The fourth-order valence-corrected chi connectivity index (χ4v) is 2.72. The van der Waals surface area contributed by atoms with Crippen molar-refractivity contribution < 1.29 is 34.5 Å². The van der Waals surface area contributed by atoms with E-state index in [-0.39, 0.29) is 22.2 Å². The summed E-state index contributed by atoms with van der Waals surface area (Å²) in [4.78, 5) is 16.6. The Kier molecular flexibility index (Phi) is 3.58. The Morgan fingerprint density at radius 3 is 3.06 bits per heavy atom. The van der Waals surface area contributed by atoms with E-state index in [9.17, 15) is 14.4 Å². The molecule has 3 rings (SSSR count). The first-order valence-corrected chi connectivity index (χ1v) is 9.19. The summed E-state index contributed by atoms with van der Waals surface area (Å²) >= 11 is 5.83. The monoisotopic (exact) mass is 482 g/mol. The molecule has 33 heavy (non-hydrogen) atoms. The molecule has 0 radical (unpaired) electrons. The first kappa shape index (κ1) is 11.0. The van der Waals surface area contributed by atoms with Gasteiger partial charge in [0.25, 0.3) is 0 Å². The van der Waals surface area contributed by atoms with Crippen molar-refractivity contribution in [2.45, 2.75) is 6.92 Å². The number of carbonyl (C=O) groups excluding carboxylic acids is 1. The molecule has 0 aliphatic carbocycles. The number of ether oxygens (including phenoxy) is 1. The van der Waals surface area contributed by atoms with Gasteiger partial charge in [0, 0.05) is 46.9 Å². The normalized spacial score (nSPS) is 19.9. The molecule has 3 aromatic rings. The maximum absolute atomic E-state index is 14.2. The van der Waals surface area contributed by atoms with E-state index < -0.39 is 96.0 Å². The molecule has 9 heteroatoms. The predicted octanol–water partition coefficient (Wildman–Crippen LogP) is 5.10. The highest BCUT2D eigenvalue weighted by Gasteiger charge is 2.15. The topological polar surface area (TPSA) is 90.3 Å². The molecule has 1 amide bonds. The van der Waals surface area contributed by atoms with E-state index in [1.165, 1.54) is 0 Å². The van der Waals surface area contributed by atoms with Gasteiger partial charge in [-0.25, -0.2) is 4.39 Å². The summed E-state index contributed by atoms with van der Waals surface area (Å²) in [6.45, 7) is -12.5. The number of benzene rings is 2. The van der Waals surface area contributed by atoms with Crippen molar-refractivity contribution in [3.05, 3.63) is 65.0 Å². The van der Waals surface area contributed by atoms with Crippen LogP contribution in [0.2, 0.25) is 5.02 Å². The first-order chi connectivity index (χ1) is 21.7. The number of fused-ring (bicyclic) bond motifs is 1. The number of hydrogen-bond acceptors (Lipinski definition) is 6. The predicted molar refractivity (Wildman–Crippen MR) is 129 cm³/mol. The lowest BCUT2D eigenvalue weighted by Gasteiger charge is -2.16. The number of pyridine rings is 1. The van der Waals surface area contributed by atoms with Gasteiger partial charge in [-0.1, -0.05) is 17.7 Å². The largest absolute Gasteiger partial charge is 0.492 e. The zero-order chi connectivity index (χ0) is 36.9. The molecule has 0 aliphatic rings. The molecule has 170 valence electrons. The van der Waals surface area contributed by atoms with Crippen molar-refractivity contribution in [2.75, 3.05) is 37.6 Å². The van der Waals surface area contributed by atoms with Gasteiger partial charge in [0.1, 0.15) is 17.6 Å². The number of halogens is 2. The average molecular weight is 483 g/mol. The lowest BCUT2D eigenvalue weighted by atomic mass is 10.1. The van der Waals surface area contributed by atoms with Crippen molar-refractivity contribution in [3.8, 4) is 11.8 Å². The number of likely N-dealkylation sites (N-methyl/N-ethyl adjacent to an activating group) is 1. The van der Waals surface area contributed by atoms with Gasteiger partial charge >= 0.3 is 0 Å². The van der Waals surface area contributed by atoms with Crippen LogP contribution in [0.25, 0.3) is 10.9 Å². The van der Waals surface area contributed by atoms with Gasteiger partial charge in [-0.3, -0.25) is 9.78 Å². The molecule has 1 aromatic heterocycles. The molecule has 1 heterocycles. The molecule has 7 nitrogen and oxygen atoms in total. The molecule has 0 bridgehead atoms. The van der Waals surface area contributed by atoms with Crippen molar-refractivity contribution in [1.82, 2.24) is 9.88 Å². The van der Waals surface area contributed by atoms with E-state index in [1.807, 2.05) is 0 Å². The summed E-state index contributed by atoms with van der Waals surface area (Å²) < 4.78 is 136. The second kappa shape index (κ2) is 10.8. The van der Waals surface area contributed by atoms with Gasteiger partial charge in [0.15, 0.2) is 0 Å². The van der Waals surface area contributed by atoms with Crippen LogP contribution in [-0.4, -0.2) is 42.8 Å². The number of aromatic nitrogens is 1. The molecular weight excluding hydrogens is 445 g/mol. The highest BCUT2D eigenvalue weighted by Crippen LogP contribution is 2.36. The zero-order valence-electron chi connectivity index (χ0n) is 31.6. The van der Waals surface area contributed by atoms with Crippen LogP contribution in [0.1, 0.15) is 33.0 Å². The summed E-state index contributed by atoms with van der Waals surface area (Å²) in [5, 5.41) is 13.6. The highest BCUT2D eigenvalue weighted by molar-refractivity contribution is 6.31. The number of nitrogens with zero attached hydrogens (tertiary/aromatic N) is 3. The summed E-state index contributed by atoms with van der Waals surface area (Å²) in [5.41, 5.74) is -1.52. The number of anilines is 3. The van der Waals surface area contributed by atoms with Crippen LogP contribution in [0.15, 0.2) is 48.6 Å². The standard InChI is InChI=1S/C24H23ClFN5O2/c1-4-33-22-12-20-17(11-21(22)30-23(32)6-5-9-31(2)3)24(15(13-27)14-28-20)29-16-7-8-19(26)18(25)10-16/h5-8,10-12,14H,4,9H2,1-3H3,(H,28,29)(H,30,32)/b6-5+/i2D3,3D3,4D2,5D,6D,7D,8D,9D2,10D. The van der Waals surface area contributed by atoms with Crippen LogP contribution in [0.5, 0.6) is 5.75 Å². The molecule has 0 fully saturated rings. The molecule has 2 aromatic carbocycles. The summed E-state index contributed by atoms with van der Waals surface area (Å²) in [6.07, 6.45) is 1.04. The van der Waals surface area contributed by atoms with E-state index in [4.69, 9.17) is 36.9 Å². The fourth-order valence-electron chi connectivity index (χ4n) is 2.58. The lowest BCUT2D eigenvalue weighted by molar-refractivity contribution is -0.111. The number of nitriles is 1. The highest BCUT2D eigenvalue weighted by atomic mass is 35.5. The quantitative estimate of drug-likeness (QED) is 0.434. The average Bonchev–Trinajstić information content (AvgIpc) is 2.94. The van der Waals surface area contributed by atoms with Gasteiger partial charge in [0.05, 0.1) is 43.6 Å². The van der Waals surface area contributed by atoms with Crippen LogP contribution in [0.4, 0.5) is 21.5 Å². The Labute approximate surface area is 217 Å². The zero-order valence-corrected chi connectivity index (χ0v) is 17.4. The number of rotatable bonds is 8. The second-order valence-corrected chi connectivity index (χ2v) is 6.36. The second-order valence-electron chi connectivity index (χ2n) is 5.98. The molecule has 0 saturated carbocycles. The Bertz CT molecular complexity index is 1830. The first-order valence-electron chi connectivity index (χ1n) is 16.3. The number of carbonyl (C=O) groups is 1. The molecule has 0 spiro atoms. The van der Waals surface area contributed by atoms with Crippen LogP contribution in [-0.2, 0) is 4.79 Å². The minimum atomic E-state index is -3.72. The Hall–Kier alpha value is -3.67. The van der Waals surface area contributed by atoms with E-state index in [2.05, 4.69) is 15.6 Å². The SMILES string of the molecule is [2H]/C(C(=O)Nc1cc2c(Nc3c([2H])c([2H])c(F)c(Cl)c3[2H])c(C#N)cnc2cc1OC([2H])([2H])C)=C(/[2H])C([2H])([2H])N(C([2H])([2H])[2H])C([2H])([2H])[2H]. The van der Waals surface area contributed by atoms with E-state index in [0.717, 1.165) is 25.3 Å². The third kappa shape index (κ3) is 5.98. The van der Waals surface area contributed by atoms with Gasteiger partial charge in [-0.05, 0) is 45.1 Å². The fraction of sp³-hybridized carbons (Fsp3) is 0.208. The number of hydrogen-bond donors (Lipinski definition) is 2. The third-order valence-corrected chi connectivity index (χ3v) is 4.13. The van der Waals surface area contributed by atoms with E-state index >= 15 is 0 Å². The van der Waals surface area contributed by atoms with Crippen molar-refractivity contribution in [3.63, 3.8) is 0 Å². The maximum atomic E-state index is 14.2. The van der Waals surface area contributed by atoms with Crippen LogP contribution >= 0.6 is 11.6 Å². The van der Waals surface area contributed by atoms with Crippen LogP contribution in [0.3, 0.4) is 0 Å². The van der Waals surface area contributed by atoms with Crippen molar-refractivity contribution >= 4 is 45.5 Å². The molecule has 2 N–H and O–H groups in total. The van der Waals surface area contributed by atoms with E-state index in [1.54, 1.807) is 6.07 Å². The Balaban J connectivity index is 2.27. The Morgan fingerprint density at radius 2 is 2.33 bits per heavy atom. The molecule has 0 aliphatic heterocycles. The van der Waals surface area contributed by atoms with Gasteiger partial charge < -0.3 is 20.3 Å². The Morgan fingerprint density at radius 1 is 1.52 bits per heavy atom. The van der Waals surface area contributed by atoms with Crippen LogP contribution in [0, 0.1) is 17.1 Å². The van der Waals surface area contributed by atoms with Gasteiger partial charge in [-0.2, -0.15) is 5.26 Å². The van der Waals surface area contributed by atoms with Gasteiger partial charge in [0.2, 0.25) is 5.91 Å². The summed E-state index contributed by atoms with van der Waals surface area (Å²) in [7, 11) is 0. The van der Waals surface area contributed by atoms with Crippen LogP contribution < -0.4 is 15.4 Å². The molecule has 0 saturated heterocycles. The smallest absolute Gasteiger partial charge is 0.248 e.